The van der Waals surface area contributed by atoms with Crippen molar-refractivity contribution in [2.75, 3.05) is 5.01 Å². The predicted octanol–water partition coefficient (Wildman–Crippen LogP) is 4.00. The number of hydrogen-bond donors (Lipinski definition) is 2. The molecule has 3 rings (SSSR count). The SMILES string of the molecule is C[C@@]1(CCc2ccccc2)NC(=S)N(c2ccc(Br)cc2)N1. The lowest BCUT2D eigenvalue weighted by molar-refractivity contribution is 0.348. The molecule has 1 fully saturated rings. The van der Waals surface area contributed by atoms with Gasteiger partial charge < -0.3 is 5.32 Å². The molecule has 3 nitrogen and oxygen atoms in total. The van der Waals surface area contributed by atoms with Crippen molar-refractivity contribution in [2.24, 2.45) is 0 Å². The van der Waals surface area contributed by atoms with Crippen LogP contribution in [0.15, 0.2) is 59.1 Å². The number of halogens is 1. The lowest BCUT2D eigenvalue weighted by Crippen LogP contribution is -2.48. The largest absolute Gasteiger partial charge is 0.342 e. The van der Waals surface area contributed by atoms with Crippen molar-refractivity contribution in [1.29, 1.82) is 0 Å². The van der Waals surface area contributed by atoms with E-state index in [1.54, 1.807) is 0 Å². The Morgan fingerprint density at radius 3 is 2.45 bits per heavy atom. The molecule has 1 atom stereocenters. The molecule has 2 aromatic carbocycles. The van der Waals surface area contributed by atoms with E-state index in [1.807, 2.05) is 35.3 Å². The van der Waals surface area contributed by atoms with Crippen LogP contribution in [-0.4, -0.2) is 10.8 Å². The maximum absolute atomic E-state index is 5.48. The summed E-state index contributed by atoms with van der Waals surface area (Å²) in [6, 6.07) is 18.6. The zero-order valence-corrected chi connectivity index (χ0v) is 14.7. The molecule has 0 aromatic heterocycles. The normalized spacial score (nSPS) is 21.0. The van der Waals surface area contributed by atoms with Crippen LogP contribution in [0.3, 0.4) is 0 Å². The summed E-state index contributed by atoms with van der Waals surface area (Å²) in [7, 11) is 0. The van der Waals surface area contributed by atoms with E-state index in [0.29, 0.717) is 5.11 Å². The van der Waals surface area contributed by atoms with Gasteiger partial charge in [0.2, 0.25) is 0 Å². The van der Waals surface area contributed by atoms with E-state index in [9.17, 15) is 0 Å². The summed E-state index contributed by atoms with van der Waals surface area (Å²) >= 11 is 8.93. The number of rotatable bonds is 4. The fourth-order valence-corrected chi connectivity index (χ4v) is 3.19. The third-order valence-corrected chi connectivity index (χ3v) is 4.60. The fourth-order valence-electron chi connectivity index (χ4n) is 2.55. The summed E-state index contributed by atoms with van der Waals surface area (Å²) < 4.78 is 1.06. The van der Waals surface area contributed by atoms with E-state index >= 15 is 0 Å². The third kappa shape index (κ3) is 3.48. The summed E-state index contributed by atoms with van der Waals surface area (Å²) in [5.74, 6) is 0. The van der Waals surface area contributed by atoms with Crippen LogP contribution in [0.2, 0.25) is 0 Å². The molecule has 22 heavy (non-hydrogen) atoms. The molecule has 1 aliphatic heterocycles. The van der Waals surface area contributed by atoms with Crippen molar-refractivity contribution < 1.29 is 0 Å². The highest BCUT2D eigenvalue weighted by Gasteiger charge is 2.36. The van der Waals surface area contributed by atoms with Gasteiger partial charge in [0, 0.05) is 4.47 Å². The lowest BCUT2D eigenvalue weighted by Gasteiger charge is -2.25. The van der Waals surface area contributed by atoms with Gasteiger partial charge in [-0.25, -0.2) is 5.43 Å². The monoisotopic (exact) mass is 375 g/mol. The topological polar surface area (TPSA) is 27.3 Å². The second-order valence-corrected chi connectivity index (χ2v) is 6.97. The lowest BCUT2D eigenvalue weighted by atomic mass is 10.0. The molecule has 0 amide bonds. The molecule has 0 radical (unpaired) electrons. The number of hydrazine groups is 1. The van der Waals surface area contributed by atoms with Crippen molar-refractivity contribution in [2.45, 2.75) is 25.4 Å². The molecule has 2 aromatic rings. The van der Waals surface area contributed by atoms with Gasteiger partial charge in [-0.15, -0.1) is 0 Å². The molecule has 0 spiro atoms. The molecule has 0 saturated carbocycles. The summed E-state index contributed by atoms with van der Waals surface area (Å²) in [4.78, 5) is 0. The van der Waals surface area contributed by atoms with Crippen LogP contribution in [0.1, 0.15) is 18.9 Å². The highest BCUT2D eigenvalue weighted by Crippen LogP contribution is 2.24. The van der Waals surface area contributed by atoms with E-state index in [2.05, 4.69) is 57.9 Å². The first kappa shape index (κ1) is 15.5. The van der Waals surface area contributed by atoms with Crippen LogP contribution in [0.4, 0.5) is 5.69 Å². The van der Waals surface area contributed by atoms with Gasteiger partial charge in [-0.1, -0.05) is 46.3 Å². The van der Waals surface area contributed by atoms with Crippen molar-refractivity contribution >= 4 is 38.9 Å². The van der Waals surface area contributed by atoms with Crippen molar-refractivity contribution in [3.05, 3.63) is 64.6 Å². The maximum atomic E-state index is 5.48. The molecule has 5 heteroatoms. The van der Waals surface area contributed by atoms with Gasteiger partial charge in [0.15, 0.2) is 5.11 Å². The van der Waals surface area contributed by atoms with E-state index in [1.165, 1.54) is 5.56 Å². The van der Waals surface area contributed by atoms with Crippen LogP contribution >= 0.6 is 28.1 Å². The molecule has 0 bridgehead atoms. The summed E-state index contributed by atoms with van der Waals surface area (Å²) in [6.45, 7) is 2.14. The Bertz CT molecular complexity index is 659. The highest BCUT2D eigenvalue weighted by molar-refractivity contribution is 9.10. The van der Waals surface area contributed by atoms with Gasteiger partial charge >= 0.3 is 0 Å². The molecule has 0 unspecified atom stereocenters. The van der Waals surface area contributed by atoms with Gasteiger partial charge in [-0.2, -0.15) is 0 Å². The predicted molar refractivity (Wildman–Crippen MR) is 98.7 cm³/mol. The quantitative estimate of drug-likeness (QED) is 0.789. The third-order valence-electron chi connectivity index (χ3n) is 3.79. The number of hydrogen-bond acceptors (Lipinski definition) is 2. The summed E-state index contributed by atoms with van der Waals surface area (Å²) in [5.41, 5.74) is 5.62. The maximum Gasteiger partial charge on any atom is 0.189 e. The van der Waals surface area contributed by atoms with Gasteiger partial charge in [-0.3, -0.25) is 5.01 Å². The Morgan fingerprint density at radius 1 is 1.09 bits per heavy atom. The average molecular weight is 376 g/mol. The fraction of sp³-hybridized carbons (Fsp3) is 0.235. The van der Waals surface area contributed by atoms with Gasteiger partial charge in [0.05, 0.1) is 5.69 Å². The highest BCUT2D eigenvalue weighted by atomic mass is 79.9. The molecule has 0 aliphatic carbocycles. The first-order valence-corrected chi connectivity index (χ1v) is 8.45. The number of benzene rings is 2. The van der Waals surface area contributed by atoms with Crippen molar-refractivity contribution in [3.8, 4) is 0 Å². The van der Waals surface area contributed by atoms with E-state index in [0.717, 1.165) is 23.0 Å². The standard InChI is InChI=1S/C17H18BrN3S/c1-17(12-11-13-5-3-2-4-6-13)19-16(22)21(20-17)15-9-7-14(18)8-10-15/h2-10,20H,11-12H2,1H3,(H,19,22)/t17-/m1/s1. The first-order chi connectivity index (χ1) is 10.6. The zero-order chi connectivity index (χ0) is 15.6. The number of anilines is 1. The second-order valence-electron chi connectivity index (χ2n) is 5.67. The smallest absolute Gasteiger partial charge is 0.189 e. The molecule has 1 aliphatic rings. The Labute approximate surface area is 144 Å². The van der Waals surface area contributed by atoms with Crippen LogP contribution < -0.4 is 15.8 Å². The molecule has 114 valence electrons. The molecule has 1 heterocycles. The Hall–Kier alpha value is -1.43. The Kier molecular flexibility index (Phi) is 4.47. The summed E-state index contributed by atoms with van der Waals surface area (Å²) in [6.07, 6.45) is 1.94. The molecular weight excluding hydrogens is 358 g/mol. The van der Waals surface area contributed by atoms with Crippen LogP contribution in [-0.2, 0) is 6.42 Å². The first-order valence-electron chi connectivity index (χ1n) is 7.25. The van der Waals surface area contributed by atoms with Gasteiger partial charge in [0.25, 0.3) is 0 Å². The number of nitrogens with one attached hydrogen (secondary N) is 2. The van der Waals surface area contributed by atoms with E-state index < -0.39 is 0 Å². The minimum absolute atomic E-state index is 0.236. The van der Waals surface area contributed by atoms with Crippen molar-refractivity contribution in [1.82, 2.24) is 10.7 Å². The number of thiocarbonyl (C=S) groups is 1. The number of aryl methyl sites for hydroxylation is 1. The van der Waals surface area contributed by atoms with E-state index in [-0.39, 0.29) is 5.66 Å². The number of nitrogens with zero attached hydrogens (tertiary/aromatic N) is 1. The van der Waals surface area contributed by atoms with Crippen molar-refractivity contribution in [3.63, 3.8) is 0 Å². The van der Waals surface area contributed by atoms with E-state index in [4.69, 9.17) is 12.2 Å². The molecular formula is C17H18BrN3S. The van der Waals surface area contributed by atoms with Crippen LogP contribution in [0.5, 0.6) is 0 Å². The second kappa shape index (κ2) is 6.36. The van der Waals surface area contributed by atoms with Gasteiger partial charge in [-0.05, 0) is 61.8 Å². The Morgan fingerprint density at radius 2 is 1.77 bits per heavy atom. The molecule has 2 N–H and O–H groups in total. The van der Waals surface area contributed by atoms with Crippen LogP contribution in [0.25, 0.3) is 0 Å². The van der Waals surface area contributed by atoms with Crippen LogP contribution in [0, 0.1) is 0 Å². The van der Waals surface area contributed by atoms with Gasteiger partial charge in [0.1, 0.15) is 5.66 Å². The summed E-state index contributed by atoms with van der Waals surface area (Å²) in [5, 5.41) is 6.04. The Balaban J connectivity index is 1.68. The minimum atomic E-state index is -0.236. The minimum Gasteiger partial charge on any atom is -0.342 e. The zero-order valence-electron chi connectivity index (χ0n) is 12.3. The average Bonchev–Trinajstić information content (AvgIpc) is 2.83. The molecule has 1 saturated heterocycles.